The molecule has 178 valence electrons. The lowest BCUT2D eigenvalue weighted by atomic mass is 10.1. The monoisotopic (exact) mass is 462 g/mol. The lowest BCUT2D eigenvalue weighted by molar-refractivity contribution is -0.136. The molecule has 1 heterocycles. The van der Waals surface area contributed by atoms with Crippen molar-refractivity contribution in [3.63, 3.8) is 0 Å². The van der Waals surface area contributed by atoms with Crippen LogP contribution >= 0.6 is 0 Å². The molecule has 0 spiro atoms. The van der Waals surface area contributed by atoms with Gasteiger partial charge < -0.3 is 14.4 Å². The molecule has 0 aliphatic heterocycles. The summed E-state index contributed by atoms with van der Waals surface area (Å²) in [5.74, 6) is 1.11. The van der Waals surface area contributed by atoms with Crippen LogP contribution < -0.4 is 14.8 Å². The molecule has 0 saturated carbocycles. The Morgan fingerprint density at radius 3 is 2.18 bits per heavy atom. The number of carbonyl (C=O) groups excluding carboxylic acids is 2. The van der Waals surface area contributed by atoms with Crippen LogP contribution in [-0.2, 0) is 9.59 Å². The summed E-state index contributed by atoms with van der Waals surface area (Å²) in [5, 5.41) is 2.86. The Morgan fingerprint density at radius 1 is 1.06 bits per heavy atom. The summed E-state index contributed by atoms with van der Waals surface area (Å²) in [4.78, 5) is 31.5. The number of hydrogen-bond donors (Lipinski definition) is 1. The Balaban J connectivity index is 1.93. The molecule has 3 aromatic rings. The van der Waals surface area contributed by atoms with Gasteiger partial charge in [-0.2, -0.15) is 0 Å². The third kappa shape index (κ3) is 5.83. The SMILES string of the molecule is C=CCN(CC(=O)Nc1nc(-c2ccc(OC)cc2)cn1-c1ccc(OC)cc1)C(=O)C(C)C. The summed E-state index contributed by atoms with van der Waals surface area (Å²) in [7, 11) is 3.22. The van der Waals surface area contributed by atoms with Crippen LogP contribution in [0.5, 0.6) is 11.5 Å². The minimum absolute atomic E-state index is 0.101. The number of methoxy groups -OCH3 is 2. The van der Waals surface area contributed by atoms with Crippen LogP contribution in [0.1, 0.15) is 13.8 Å². The van der Waals surface area contributed by atoms with E-state index in [2.05, 4.69) is 16.9 Å². The molecular weight excluding hydrogens is 432 g/mol. The number of benzene rings is 2. The van der Waals surface area contributed by atoms with E-state index >= 15 is 0 Å². The average Bonchev–Trinajstić information content (AvgIpc) is 3.26. The van der Waals surface area contributed by atoms with Crippen molar-refractivity contribution in [3.8, 4) is 28.4 Å². The summed E-state index contributed by atoms with van der Waals surface area (Å²) in [6, 6.07) is 14.9. The highest BCUT2D eigenvalue weighted by molar-refractivity contribution is 5.94. The predicted octanol–water partition coefficient (Wildman–Crippen LogP) is 4.17. The minimum Gasteiger partial charge on any atom is -0.497 e. The van der Waals surface area contributed by atoms with Gasteiger partial charge in [0.15, 0.2) is 0 Å². The number of nitrogens with one attached hydrogen (secondary N) is 1. The summed E-state index contributed by atoms with van der Waals surface area (Å²) >= 11 is 0. The molecule has 0 fully saturated rings. The minimum atomic E-state index is -0.350. The average molecular weight is 463 g/mol. The molecular formula is C26H30N4O4. The van der Waals surface area contributed by atoms with Crippen molar-refractivity contribution >= 4 is 17.8 Å². The molecule has 1 aromatic heterocycles. The fraction of sp³-hybridized carbons (Fsp3) is 0.269. The van der Waals surface area contributed by atoms with E-state index in [0.29, 0.717) is 11.6 Å². The highest BCUT2D eigenvalue weighted by Gasteiger charge is 2.21. The second kappa shape index (κ2) is 11.2. The van der Waals surface area contributed by atoms with Gasteiger partial charge in [0, 0.05) is 29.9 Å². The Labute approximate surface area is 199 Å². The number of aromatic nitrogens is 2. The molecule has 0 radical (unpaired) electrons. The first-order valence-corrected chi connectivity index (χ1v) is 10.9. The van der Waals surface area contributed by atoms with E-state index in [1.807, 2.05) is 54.7 Å². The Bertz CT molecular complexity index is 1130. The fourth-order valence-electron chi connectivity index (χ4n) is 3.40. The second-order valence-corrected chi connectivity index (χ2v) is 7.96. The zero-order valence-electron chi connectivity index (χ0n) is 19.9. The molecule has 2 aromatic carbocycles. The van der Waals surface area contributed by atoms with E-state index in [4.69, 9.17) is 9.47 Å². The summed E-state index contributed by atoms with van der Waals surface area (Å²) in [6.07, 6.45) is 3.45. The number of hydrogen-bond acceptors (Lipinski definition) is 5. The van der Waals surface area contributed by atoms with Gasteiger partial charge in [0.05, 0.1) is 19.9 Å². The number of carbonyl (C=O) groups is 2. The first-order valence-electron chi connectivity index (χ1n) is 10.9. The highest BCUT2D eigenvalue weighted by atomic mass is 16.5. The van der Waals surface area contributed by atoms with Crippen molar-refractivity contribution in [1.29, 1.82) is 0 Å². The van der Waals surface area contributed by atoms with E-state index in [-0.39, 0.29) is 30.8 Å². The smallest absolute Gasteiger partial charge is 0.246 e. The summed E-state index contributed by atoms with van der Waals surface area (Å²) in [6.45, 7) is 7.47. The zero-order chi connectivity index (χ0) is 24.7. The number of nitrogens with zero attached hydrogens (tertiary/aromatic N) is 3. The van der Waals surface area contributed by atoms with Crippen LogP contribution in [-0.4, -0.2) is 53.6 Å². The van der Waals surface area contributed by atoms with Crippen molar-refractivity contribution in [2.45, 2.75) is 13.8 Å². The maximum Gasteiger partial charge on any atom is 0.246 e. The molecule has 0 saturated heterocycles. The molecule has 0 unspecified atom stereocenters. The molecule has 34 heavy (non-hydrogen) atoms. The Kier molecular flexibility index (Phi) is 8.08. The van der Waals surface area contributed by atoms with Crippen molar-refractivity contribution < 1.29 is 19.1 Å². The van der Waals surface area contributed by atoms with Crippen LogP contribution in [0, 0.1) is 5.92 Å². The third-order valence-electron chi connectivity index (χ3n) is 5.18. The number of ether oxygens (including phenoxy) is 2. The maximum atomic E-state index is 12.9. The van der Waals surface area contributed by atoms with Gasteiger partial charge in [-0.05, 0) is 48.5 Å². The van der Waals surface area contributed by atoms with Crippen molar-refractivity contribution in [2.75, 3.05) is 32.6 Å². The molecule has 0 aliphatic rings. The molecule has 3 rings (SSSR count). The van der Waals surface area contributed by atoms with Gasteiger partial charge in [-0.25, -0.2) is 4.98 Å². The molecule has 1 N–H and O–H groups in total. The van der Waals surface area contributed by atoms with Gasteiger partial charge in [-0.1, -0.05) is 19.9 Å². The number of amides is 2. The van der Waals surface area contributed by atoms with E-state index in [9.17, 15) is 9.59 Å². The van der Waals surface area contributed by atoms with Gasteiger partial charge >= 0.3 is 0 Å². The van der Waals surface area contributed by atoms with Gasteiger partial charge in [0.1, 0.15) is 18.0 Å². The normalized spacial score (nSPS) is 10.6. The standard InChI is InChI=1S/C26H30N4O4/c1-6-15-29(25(32)18(2)3)17-24(31)28-26-27-23(19-7-11-21(33-4)12-8-19)16-30(26)20-9-13-22(34-5)14-10-20/h6-14,16,18H,1,15,17H2,2-5H3,(H,27,28,31). The zero-order valence-corrected chi connectivity index (χ0v) is 19.9. The number of rotatable bonds is 10. The molecule has 8 heteroatoms. The fourth-order valence-corrected chi connectivity index (χ4v) is 3.40. The molecule has 0 atom stereocenters. The van der Waals surface area contributed by atoms with Crippen LogP contribution in [0.4, 0.5) is 5.95 Å². The largest absolute Gasteiger partial charge is 0.497 e. The van der Waals surface area contributed by atoms with Crippen molar-refractivity contribution in [1.82, 2.24) is 14.5 Å². The van der Waals surface area contributed by atoms with E-state index < -0.39 is 0 Å². The lowest BCUT2D eigenvalue weighted by Gasteiger charge is -2.22. The third-order valence-corrected chi connectivity index (χ3v) is 5.18. The van der Waals surface area contributed by atoms with Crippen LogP contribution in [0.25, 0.3) is 16.9 Å². The van der Waals surface area contributed by atoms with Crippen LogP contribution in [0.2, 0.25) is 0 Å². The van der Waals surface area contributed by atoms with Crippen molar-refractivity contribution in [2.24, 2.45) is 5.92 Å². The molecule has 8 nitrogen and oxygen atoms in total. The van der Waals surface area contributed by atoms with Crippen molar-refractivity contribution in [3.05, 3.63) is 67.4 Å². The van der Waals surface area contributed by atoms with E-state index in [0.717, 1.165) is 22.7 Å². The van der Waals surface area contributed by atoms with Gasteiger partial charge in [0.25, 0.3) is 0 Å². The second-order valence-electron chi connectivity index (χ2n) is 7.96. The number of imidazole rings is 1. The van der Waals surface area contributed by atoms with Gasteiger partial charge in [0.2, 0.25) is 17.8 Å². The predicted molar refractivity (Wildman–Crippen MR) is 132 cm³/mol. The van der Waals surface area contributed by atoms with E-state index in [1.165, 1.54) is 4.90 Å². The summed E-state index contributed by atoms with van der Waals surface area (Å²) < 4.78 is 12.3. The van der Waals surface area contributed by atoms with Crippen LogP contribution in [0.15, 0.2) is 67.4 Å². The quantitative estimate of drug-likeness (QED) is 0.457. The van der Waals surface area contributed by atoms with E-state index in [1.54, 1.807) is 38.7 Å². The molecule has 2 amide bonds. The Hall–Kier alpha value is -4.07. The Morgan fingerprint density at radius 2 is 1.65 bits per heavy atom. The first-order chi connectivity index (χ1) is 16.4. The highest BCUT2D eigenvalue weighted by Crippen LogP contribution is 2.27. The van der Waals surface area contributed by atoms with Gasteiger partial charge in [-0.15, -0.1) is 6.58 Å². The van der Waals surface area contributed by atoms with Crippen LogP contribution in [0.3, 0.4) is 0 Å². The maximum absolute atomic E-state index is 12.9. The molecule has 0 bridgehead atoms. The van der Waals surface area contributed by atoms with Gasteiger partial charge in [-0.3, -0.25) is 19.5 Å². The number of anilines is 1. The lowest BCUT2D eigenvalue weighted by Crippen LogP contribution is -2.40. The topological polar surface area (TPSA) is 85.7 Å². The molecule has 0 aliphatic carbocycles. The summed E-state index contributed by atoms with van der Waals surface area (Å²) in [5.41, 5.74) is 2.34. The first kappa shape index (κ1) is 24.6.